The van der Waals surface area contributed by atoms with Gasteiger partial charge in [-0.2, -0.15) is 8.78 Å². The fourth-order valence-electron chi connectivity index (χ4n) is 1.19. The van der Waals surface area contributed by atoms with Crippen molar-refractivity contribution in [2.24, 2.45) is 0 Å². The summed E-state index contributed by atoms with van der Waals surface area (Å²) in [5.74, 6) is -0.758. The molecule has 0 fully saturated rings. The quantitative estimate of drug-likeness (QED) is 0.861. The lowest BCUT2D eigenvalue weighted by Crippen LogP contribution is -2.27. The summed E-state index contributed by atoms with van der Waals surface area (Å²) < 4.78 is 27.8. The molecule has 0 aromatic heterocycles. The first-order chi connectivity index (χ1) is 8.72. The Bertz CT molecular complexity index is 466. The van der Waals surface area contributed by atoms with Crippen LogP contribution in [0.2, 0.25) is 5.02 Å². The third kappa shape index (κ3) is 4.87. The standard InChI is InChI=1S/C12H13ClF2O3S/c1-12(2,10(16)17)19-6-7-5-8(13)3-4-9(7)18-11(14)15/h3-5,11H,6H2,1-2H3,(H,16,17). The molecule has 0 amide bonds. The van der Waals surface area contributed by atoms with Gasteiger partial charge in [0.05, 0.1) is 0 Å². The fraction of sp³-hybridized carbons (Fsp3) is 0.417. The normalized spacial score (nSPS) is 11.7. The van der Waals surface area contributed by atoms with Gasteiger partial charge < -0.3 is 9.84 Å². The number of thioether (sulfide) groups is 1. The summed E-state index contributed by atoms with van der Waals surface area (Å²) in [6.45, 7) is 0.147. The number of carboxylic acid groups (broad SMARTS) is 1. The molecule has 1 aromatic rings. The molecule has 0 aliphatic heterocycles. The maximum absolute atomic E-state index is 12.2. The van der Waals surface area contributed by atoms with Crippen LogP contribution in [0.1, 0.15) is 19.4 Å². The van der Waals surface area contributed by atoms with Gasteiger partial charge in [0.1, 0.15) is 10.5 Å². The number of ether oxygens (including phenoxy) is 1. The van der Waals surface area contributed by atoms with E-state index in [1.807, 2.05) is 0 Å². The zero-order chi connectivity index (χ0) is 14.6. The lowest BCUT2D eigenvalue weighted by atomic mass is 10.2. The molecule has 0 radical (unpaired) electrons. The van der Waals surface area contributed by atoms with Gasteiger partial charge in [-0.05, 0) is 32.0 Å². The molecule has 7 heteroatoms. The minimum absolute atomic E-state index is 0.00749. The van der Waals surface area contributed by atoms with Crippen molar-refractivity contribution in [3.63, 3.8) is 0 Å². The molecule has 0 bridgehead atoms. The van der Waals surface area contributed by atoms with Gasteiger partial charge in [0, 0.05) is 16.3 Å². The Balaban J connectivity index is 2.87. The molecule has 0 heterocycles. The summed E-state index contributed by atoms with van der Waals surface area (Å²) in [6.07, 6.45) is 0. The molecular weight excluding hydrogens is 298 g/mol. The molecule has 0 aliphatic carbocycles. The van der Waals surface area contributed by atoms with Gasteiger partial charge in [-0.1, -0.05) is 11.6 Å². The van der Waals surface area contributed by atoms with E-state index >= 15 is 0 Å². The van der Waals surface area contributed by atoms with Crippen molar-refractivity contribution < 1.29 is 23.4 Å². The van der Waals surface area contributed by atoms with Gasteiger partial charge in [-0.15, -0.1) is 11.8 Å². The van der Waals surface area contributed by atoms with E-state index in [4.69, 9.17) is 16.7 Å². The average Bonchev–Trinajstić information content (AvgIpc) is 2.28. The topological polar surface area (TPSA) is 46.5 Å². The van der Waals surface area contributed by atoms with Gasteiger partial charge in [0.2, 0.25) is 0 Å². The summed E-state index contributed by atoms with van der Waals surface area (Å²) >= 11 is 6.90. The maximum atomic E-state index is 12.2. The second-order valence-electron chi connectivity index (χ2n) is 4.23. The average molecular weight is 311 g/mol. The third-order valence-corrected chi connectivity index (χ3v) is 3.93. The van der Waals surface area contributed by atoms with Gasteiger partial charge in [0.25, 0.3) is 0 Å². The van der Waals surface area contributed by atoms with Crippen molar-refractivity contribution in [3.8, 4) is 5.75 Å². The van der Waals surface area contributed by atoms with Crippen LogP contribution in [0.25, 0.3) is 0 Å². The largest absolute Gasteiger partial charge is 0.480 e. The first kappa shape index (κ1) is 16.0. The maximum Gasteiger partial charge on any atom is 0.387 e. The second-order valence-corrected chi connectivity index (χ2v) is 6.27. The molecule has 0 atom stereocenters. The van der Waals surface area contributed by atoms with E-state index < -0.39 is 17.3 Å². The Hall–Kier alpha value is -1.01. The van der Waals surface area contributed by atoms with Crippen molar-refractivity contribution in [1.82, 2.24) is 0 Å². The molecule has 1 N–H and O–H groups in total. The molecule has 0 saturated heterocycles. The van der Waals surface area contributed by atoms with Crippen LogP contribution in [0.15, 0.2) is 18.2 Å². The van der Waals surface area contributed by atoms with E-state index in [0.717, 1.165) is 11.8 Å². The highest BCUT2D eigenvalue weighted by Crippen LogP contribution is 2.33. The molecular formula is C12H13ClF2O3S. The van der Waals surface area contributed by atoms with Crippen molar-refractivity contribution in [2.45, 2.75) is 31.0 Å². The fourth-order valence-corrected chi connectivity index (χ4v) is 2.25. The van der Waals surface area contributed by atoms with Crippen LogP contribution in [-0.4, -0.2) is 22.4 Å². The van der Waals surface area contributed by atoms with Crippen molar-refractivity contribution in [1.29, 1.82) is 0 Å². The molecule has 106 valence electrons. The molecule has 0 saturated carbocycles. The van der Waals surface area contributed by atoms with Gasteiger partial charge in [-0.3, -0.25) is 4.79 Å². The SMILES string of the molecule is CC(C)(SCc1cc(Cl)ccc1OC(F)F)C(=O)O. The van der Waals surface area contributed by atoms with E-state index in [0.29, 0.717) is 10.6 Å². The summed E-state index contributed by atoms with van der Waals surface area (Å²) in [5.41, 5.74) is 0.437. The Labute approximate surface area is 118 Å². The Morgan fingerprint density at radius 3 is 2.68 bits per heavy atom. The number of hydrogen-bond acceptors (Lipinski definition) is 3. The minimum Gasteiger partial charge on any atom is -0.480 e. The number of carbonyl (C=O) groups is 1. The van der Waals surface area contributed by atoms with Crippen LogP contribution in [0, 0.1) is 0 Å². The molecule has 0 unspecified atom stereocenters. The Morgan fingerprint density at radius 2 is 2.16 bits per heavy atom. The van der Waals surface area contributed by atoms with Crippen LogP contribution in [0.5, 0.6) is 5.75 Å². The predicted octanol–water partition coefficient (Wildman–Crippen LogP) is 4.04. The molecule has 0 spiro atoms. The van der Waals surface area contributed by atoms with Gasteiger partial charge in [0.15, 0.2) is 0 Å². The molecule has 1 rings (SSSR count). The van der Waals surface area contributed by atoms with Gasteiger partial charge >= 0.3 is 12.6 Å². The zero-order valence-corrected chi connectivity index (χ0v) is 11.9. The number of aliphatic carboxylic acids is 1. The molecule has 0 aliphatic rings. The highest BCUT2D eigenvalue weighted by Gasteiger charge is 2.28. The Kier molecular flexibility index (Phi) is 5.43. The third-order valence-electron chi connectivity index (χ3n) is 2.34. The van der Waals surface area contributed by atoms with Crippen LogP contribution in [0.3, 0.4) is 0 Å². The number of carboxylic acids is 1. The second kappa shape index (κ2) is 6.43. The first-order valence-corrected chi connectivity index (χ1v) is 6.69. The van der Waals surface area contributed by atoms with Gasteiger partial charge in [-0.25, -0.2) is 0 Å². The summed E-state index contributed by atoms with van der Waals surface area (Å²) in [4.78, 5) is 11.0. The molecule has 1 aromatic carbocycles. The number of rotatable bonds is 6. The Morgan fingerprint density at radius 1 is 1.53 bits per heavy atom. The van der Waals surface area contributed by atoms with E-state index in [9.17, 15) is 13.6 Å². The lowest BCUT2D eigenvalue weighted by Gasteiger charge is -2.19. The predicted molar refractivity (Wildman–Crippen MR) is 71.1 cm³/mol. The molecule has 19 heavy (non-hydrogen) atoms. The monoisotopic (exact) mass is 310 g/mol. The van der Waals surface area contributed by atoms with E-state index in [1.165, 1.54) is 32.0 Å². The smallest absolute Gasteiger partial charge is 0.387 e. The van der Waals surface area contributed by atoms with E-state index in [1.54, 1.807) is 0 Å². The lowest BCUT2D eigenvalue weighted by molar-refractivity contribution is -0.138. The summed E-state index contributed by atoms with van der Waals surface area (Å²) in [6, 6.07) is 4.28. The van der Waals surface area contributed by atoms with Crippen molar-refractivity contribution in [2.75, 3.05) is 0 Å². The van der Waals surface area contributed by atoms with Crippen LogP contribution in [-0.2, 0) is 10.5 Å². The highest BCUT2D eigenvalue weighted by atomic mass is 35.5. The number of benzene rings is 1. The summed E-state index contributed by atoms with van der Waals surface area (Å²) in [7, 11) is 0. The number of hydrogen-bond donors (Lipinski definition) is 1. The van der Waals surface area contributed by atoms with Crippen LogP contribution in [0.4, 0.5) is 8.78 Å². The van der Waals surface area contributed by atoms with Crippen molar-refractivity contribution in [3.05, 3.63) is 28.8 Å². The molecule has 3 nitrogen and oxygen atoms in total. The first-order valence-electron chi connectivity index (χ1n) is 5.33. The minimum atomic E-state index is -2.93. The van der Waals surface area contributed by atoms with E-state index in [2.05, 4.69) is 4.74 Å². The number of alkyl halides is 2. The summed E-state index contributed by atoms with van der Waals surface area (Å²) in [5, 5.41) is 9.37. The number of halogens is 3. The highest BCUT2D eigenvalue weighted by molar-refractivity contribution is 8.00. The van der Waals surface area contributed by atoms with Crippen LogP contribution < -0.4 is 4.74 Å². The van der Waals surface area contributed by atoms with E-state index in [-0.39, 0.29) is 11.5 Å². The zero-order valence-electron chi connectivity index (χ0n) is 10.3. The van der Waals surface area contributed by atoms with Crippen LogP contribution >= 0.6 is 23.4 Å². The van der Waals surface area contributed by atoms with Crippen molar-refractivity contribution >= 4 is 29.3 Å².